The summed E-state index contributed by atoms with van der Waals surface area (Å²) in [4.78, 5) is 22.1. The Labute approximate surface area is 124 Å². The predicted octanol–water partition coefficient (Wildman–Crippen LogP) is 0.860. The minimum Gasteiger partial charge on any atom is -0.481 e. The molecule has 0 aromatic heterocycles. The fourth-order valence-corrected chi connectivity index (χ4v) is 2.78. The Morgan fingerprint density at radius 1 is 1.19 bits per heavy atom. The van der Waals surface area contributed by atoms with Crippen LogP contribution in [0.2, 0.25) is 0 Å². The number of carboxylic acids is 1. The third kappa shape index (κ3) is 5.95. The zero-order chi connectivity index (χ0) is 16.0. The van der Waals surface area contributed by atoms with E-state index >= 15 is 0 Å². The van der Waals surface area contributed by atoms with Crippen LogP contribution in [0.15, 0.2) is 29.2 Å². The average molecular weight is 313 g/mol. The smallest absolute Gasteiger partial charge is 0.307 e. The van der Waals surface area contributed by atoms with E-state index in [4.69, 9.17) is 5.11 Å². The molecule has 0 aliphatic carbocycles. The van der Waals surface area contributed by atoms with Gasteiger partial charge in [0.25, 0.3) is 0 Å². The van der Waals surface area contributed by atoms with Gasteiger partial charge in [0, 0.05) is 6.54 Å². The van der Waals surface area contributed by atoms with Crippen LogP contribution in [0.1, 0.15) is 19.4 Å². The fraction of sp³-hybridized carbons (Fsp3) is 0.429. The van der Waals surface area contributed by atoms with Crippen LogP contribution in [0.4, 0.5) is 0 Å². The third-order valence-electron chi connectivity index (χ3n) is 2.67. The molecule has 2 N–H and O–H groups in total. The number of amides is 1. The Hall–Kier alpha value is -1.89. The standard InChI is InChI=1S/C14H19NO5S/c1-10(2)8-15-13(16)9-21(19,20)12-5-3-11(4-6-12)7-14(17)18/h3-6,10H,7-9H2,1-2H3,(H,15,16)(H,17,18). The van der Waals surface area contributed by atoms with Gasteiger partial charge in [-0.3, -0.25) is 9.59 Å². The van der Waals surface area contributed by atoms with Gasteiger partial charge in [-0.05, 0) is 23.6 Å². The first-order valence-corrected chi connectivity index (χ1v) is 8.16. The van der Waals surface area contributed by atoms with E-state index in [-0.39, 0.29) is 17.2 Å². The molecule has 1 aromatic rings. The molecule has 0 heterocycles. The molecule has 0 radical (unpaired) electrons. The van der Waals surface area contributed by atoms with Crippen LogP contribution in [-0.4, -0.2) is 37.7 Å². The summed E-state index contributed by atoms with van der Waals surface area (Å²) in [7, 11) is -3.71. The Bertz CT molecular complexity index is 605. The molecular weight excluding hydrogens is 294 g/mol. The van der Waals surface area contributed by atoms with E-state index in [9.17, 15) is 18.0 Å². The molecule has 0 saturated carbocycles. The van der Waals surface area contributed by atoms with E-state index in [0.717, 1.165) is 0 Å². The number of benzene rings is 1. The number of sulfone groups is 1. The number of hydrogen-bond donors (Lipinski definition) is 2. The lowest BCUT2D eigenvalue weighted by molar-refractivity contribution is -0.136. The van der Waals surface area contributed by atoms with Gasteiger partial charge in [0.05, 0.1) is 11.3 Å². The van der Waals surface area contributed by atoms with Crippen molar-refractivity contribution in [2.24, 2.45) is 5.92 Å². The number of aliphatic carboxylic acids is 1. The molecule has 0 bridgehead atoms. The topological polar surface area (TPSA) is 101 Å². The molecule has 0 aliphatic rings. The Morgan fingerprint density at radius 3 is 2.24 bits per heavy atom. The molecule has 21 heavy (non-hydrogen) atoms. The number of carboxylic acid groups (broad SMARTS) is 1. The highest BCUT2D eigenvalue weighted by Gasteiger charge is 2.19. The zero-order valence-electron chi connectivity index (χ0n) is 12.0. The van der Waals surface area contributed by atoms with Crippen LogP contribution in [0.25, 0.3) is 0 Å². The first kappa shape index (κ1) is 17.2. The van der Waals surface area contributed by atoms with Crippen LogP contribution >= 0.6 is 0 Å². The average Bonchev–Trinajstić information content (AvgIpc) is 2.35. The van der Waals surface area contributed by atoms with Crippen LogP contribution < -0.4 is 5.32 Å². The molecule has 6 nitrogen and oxygen atoms in total. The summed E-state index contributed by atoms with van der Waals surface area (Å²) in [6.07, 6.45) is -0.171. The number of carbonyl (C=O) groups excluding carboxylic acids is 1. The van der Waals surface area contributed by atoms with Crippen LogP contribution in [-0.2, 0) is 25.8 Å². The van der Waals surface area contributed by atoms with Gasteiger partial charge in [-0.15, -0.1) is 0 Å². The maximum Gasteiger partial charge on any atom is 0.307 e. The van der Waals surface area contributed by atoms with Crippen molar-refractivity contribution in [1.29, 1.82) is 0 Å². The number of hydrogen-bond acceptors (Lipinski definition) is 4. The van der Waals surface area contributed by atoms with Crippen molar-refractivity contribution in [1.82, 2.24) is 5.32 Å². The Balaban J connectivity index is 2.74. The Kier molecular flexibility index (Phi) is 5.90. The molecule has 1 rings (SSSR count). The van der Waals surface area contributed by atoms with Crippen molar-refractivity contribution in [3.8, 4) is 0 Å². The molecule has 7 heteroatoms. The lowest BCUT2D eigenvalue weighted by Crippen LogP contribution is -2.32. The second-order valence-electron chi connectivity index (χ2n) is 5.17. The van der Waals surface area contributed by atoms with Crippen LogP contribution in [0, 0.1) is 5.92 Å². The van der Waals surface area contributed by atoms with Crippen LogP contribution in [0.5, 0.6) is 0 Å². The molecule has 1 amide bonds. The minimum atomic E-state index is -3.71. The highest BCUT2D eigenvalue weighted by Crippen LogP contribution is 2.13. The van der Waals surface area contributed by atoms with Gasteiger partial charge in [-0.1, -0.05) is 26.0 Å². The third-order valence-corrected chi connectivity index (χ3v) is 4.30. The van der Waals surface area contributed by atoms with Crippen molar-refractivity contribution >= 4 is 21.7 Å². The van der Waals surface area contributed by atoms with Crippen molar-refractivity contribution in [2.45, 2.75) is 25.2 Å². The summed E-state index contributed by atoms with van der Waals surface area (Å²) < 4.78 is 24.1. The van der Waals surface area contributed by atoms with Gasteiger partial charge in [0.15, 0.2) is 9.84 Å². The lowest BCUT2D eigenvalue weighted by atomic mass is 10.2. The number of nitrogens with one attached hydrogen (secondary N) is 1. The first-order valence-electron chi connectivity index (χ1n) is 6.51. The van der Waals surface area contributed by atoms with E-state index in [2.05, 4.69) is 5.32 Å². The first-order chi connectivity index (χ1) is 9.70. The predicted molar refractivity (Wildman–Crippen MR) is 77.7 cm³/mol. The van der Waals surface area contributed by atoms with Gasteiger partial charge in [-0.25, -0.2) is 8.42 Å². The second kappa shape index (κ2) is 7.21. The molecule has 116 valence electrons. The highest BCUT2D eigenvalue weighted by atomic mass is 32.2. The maximum atomic E-state index is 12.0. The summed E-state index contributed by atoms with van der Waals surface area (Å²) in [5.41, 5.74) is 0.505. The van der Waals surface area contributed by atoms with E-state index in [1.807, 2.05) is 13.8 Å². The van der Waals surface area contributed by atoms with Gasteiger partial charge in [-0.2, -0.15) is 0 Å². The van der Waals surface area contributed by atoms with Crippen molar-refractivity contribution in [3.63, 3.8) is 0 Å². The molecular formula is C14H19NO5S. The second-order valence-corrected chi connectivity index (χ2v) is 7.16. The molecule has 1 aromatic carbocycles. The lowest BCUT2D eigenvalue weighted by Gasteiger charge is -2.08. The molecule has 0 spiro atoms. The molecule has 0 saturated heterocycles. The molecule has 0 aliphatic heterocycles. The Morgan fingerprint density at radius 2 is 1.76 bits per heavy atom. The largest absolute Gasteiger partial charge is 0.481 e. The van der Waals surface area contributed by atoms with Crippen molar-refractivity contribution in [2.75, 3.05) is 12.3 Å². The maximum absolute atomic E-state index is 12.0. The summed E-state index contributed by atoms with van der Waals surface area (Å²) in [5.74, 6) is -1.90. The summed E-state index contributed by atoms with van der Waals surface area (Å²) in [6, 6.07) is 5.52. The molecule has 0 unspecified atom stereocenters. The van der Waals surface area contributed by atoms with E-state index in [1.165, 1.54) is 24.3 Å². The van der Waals surface area contributed by atoms with Crippen LogP contribution in [0.3, 0.4) is 0 Å². The monoisotopic (exact) mass is 313 g/mol. The van der Waals surface area contributed by atoms with E-state index in [0.29, 0.717) is 12.1 Å². The molecule has 0 fully saturated rings. The zero-order valence-corrected chi connectivity index (χ0v) is 12.8. The van der Waals surface area contributed by atoms with E-state index in [1.54, 1.807) is 0 Å². The minimum absolute atomic E-state index is 0.0105. The van der Waals surface area contributed by atoms with Gasteiger partial charge >= 0.3 is 5.97 Å². The SMILES string of the molecule is CC(C)CNC(=O)CS(=O)(=O)c1ccc(CC(=O)O)cc1. The number of carbonyl (C=O) groups is 2. The van der Waals surface area contributed by atoms with E-state index < -0.39 is 27.5 Å². The fourth-order valence-electron chi connectivity index (χ4n) is 1.61. The summed E-state index contributed by atoms with van der Waals surface area (Å²) in [6.45, 7) is 4.25. The van der Waals surface area contributed by atoms with Crippen molar-refractivity contribution < 1.29 is 23.1 Å². The van der Waals surface area contributed by atoms with Gasteiger partial charge in [0.1, 0.15) is 5.75 Å². The summed E-state index contributed by atoms with van der Waals surface area (Å²) in [5, 5.41) is 11.2. The van der Waals surface area contributed by atoms with Gasteiger partial charge in [0.2, 0.25) is 5.91 Å². The highest BCUT2D eigenvalue weighted by molar-refractivity contribution is 7.92. The van der Waals surface area contributed by atoms with Crippen molar-refractivity contribution in [3.05, 3.63) is 29.8 Å². The summed E-state index contributed by atoms with van der Waals surface area (Å²) >= 11 is 0. The number of rotatable bonds is 7. The normalized spacial score (nSPS) is 11.4. The quantitative estimate of drug-likeness (QED) is 0.777. The molecule has 0 atom stereocenters. The van der Waals surface area contributed by atoms with Gasteiger partial charge < -0.3 is 10.4 Å².